The number of nitrogens with one attached hydrogen (secondary N) is 1. The number of carboxylic acids is 1. The van der Waals surface area contributed by atoms with Crippen LogP contribution < -0.4 is 10.1 Å². The fraction of sp³-hybridized carbons (Fsp3) is 0.481. The van der Waals surface area contributed by atoms with Gasteiger partial charge in [0.25, 0.3) is 5.69 Å². The van der Waals surface area contributed by atoms with E-state index in [0.29, 0.717) is 17.7 Å². The van der Waals surface area contributed by atoms with Crippen LogP contribution in [0, 0.1) is 17.0 Å². The number of halogens is 2. The summed E-state index contributed by atoms with van der Waals surface area (Å²) in [6.07, 6.45) is -0.502. The Labute approximate surface area is 226 Å². The van der Waals surface area contributed by atoms with E-state index in [9.17, 15) is 33.6 Å². The van der Waals surface area contributed by atoms with Gasteiger partial charge in [-0.15, -0.1) is 0 Å². The Morgan fingerprint density at radius 3 is 2.44 bits per heavy atom. The molecule has 2 amide bonds. The highest BCUT2D eigenvalue weighted by molar-refractivity contribution is 5.89. The van der Waals surface area contributed by atoms with E-state index >= 15 is 0 Å². The van der Waals surface area contributed by atoms with Crippen molar-refractivity contribution in [3.05, 3.63) is 63.7 Å². The molecule has 0 aromatic heterocycles. The summed E-state index contributed by atoms with van der Waals surface area (Å²) in [5, 5.41) is 23.1. The lowest BCUT2D eigenvalue weighted by molar-refractivity contribution is -0.385. The minimum atomic E-state index is -2.80. The summed E-state index contributed by atoms with van der Waals surface area (Å²) in [5.74, 6) is -3.34. The van der Waals surface area contributed by atoms with Gasteiger partial charge in [-0.25, -0.2) is 18.4 Å². The van der Waals surface area contributed by atoms with Gasteiger partial charge in [-0.1, -0.05) is 18.2 Å². The van der Waals surface area contributed by atoms with Gasteiger partial charge in [-0.2, -0.15) is 0 Å². The van der Waals surface area contributed by atoms with Gasteiger partial charge in [0.1, 0.15) is 12.4 Å². The predicted molar refractivity (Wildman–Crippen MR) is 142 cm³/mol. The summed E-state index contributed by atoms with van der Waals surface area (Å²) in [5.41, 5.74) is 1.31. The molecule has 0 saturated carbocycles. The minimum Gasteiger partial charge on any atom is -0.492 e. The third-order valence-corrected chi connectivity index (χ3v) is 5.86. The number of alkyl halides is 2. The Bertz CT molecular complexity index is 1110. The van der Waals surface area contributed by atoms with Gasteiger partial charge < -0.3 is 24.8 Å². The largest absolute Gasteiger partial charge is 0.492 e. The molecule has 39 heavy (non-hydrogen) atoms. The molecule has 2 rings (SSSR count). The number of benzene rings is 2. The number of carbonyl (C=O) groups excluding carboxylic acids is 1. The van der Waals surface area contributed by atoms with E-state index in [-0.39, 0.29) is 56.9 Å². The first-order valence-electron chi connectivity index (χ1n) is 12.6. The molecule has 0 aliphatic heterocycles. The van der Waals surface area contributed by atoms with Crippen molar-refractivity contribution >= 4 is 23.4 Å². The van der Waals surface area contributed by atoms with Crippen LogP contribution in [-0.4, -0.2) is 65.3 Å². The second-order valence-electron chi connectivity index (χ2n) is 9.18. The van der Waals surface area contributed by atoms with Crippen LogP contribution in [0.5, 0.6) is 5.75 Å². The SMILES string of the molecule is CCOC(Cc1ccc(OCCN(CCCCC(C)(F)F)C(=O)Nc2ccc(C)c([N+](=O)[O-])c2)cc1)C(=O)O. The molecule has 1 unspecified atom stereocenters. The van der Waals surface area contributed by atoms with Crippen molar-refractivity contribution in [2.75, 3.05) is 31.6 Å². The fourth-order valence-corrected chi connectivity index (χ4v) is 3.77. The monoisotopic (exact) mass is 551 g/mol. The van der Waals surface area contributed by atoms with Crippen molar-refractivity contribution in [2.45, 2.75) is 58.5 Å². The van der Waals surface area contributed by atoms with Crippen LogP contribution >= 0.6 is 0 Å². The summed E-state index contributed by atoms with van der Waals surface area (Å²) in [4.78, 5) is 36.3. The molecule has 2 aromatic carbocycles. The third kappa shape index (κ3) is 11.2. The maximum absolute atomic E-state index is 13.2. The number of rotatable bonds is 16. The zero-order valence-electron chi connectivity index (χ0n) is 22.3. The summed E-state index contributed by atoms with van der Waals surface area (Å²) in [7, 11) is 0. The number of carboxylic acid groups (broad SMARTS) is 1. The van der Waals surface area contributed by atoms with Gasteiger partial charge in [0.2, 0.25) is 5.92 Å². The van der Waals surface area contributed by atoms with Crippen molar-refractivity contribution < 1.29 is 37.9 Å². The number of anilines is 1. The number of nitro groups is 1. The number of urea groups is 1. The Kier molecular flexibility index (Phi) is 12.1. The van der Waals surface area contributed by atoms with E-state index < -0.39 is 29.0 Å². The first kappa shape index (κ1) is 31.4. The number of nitro benzene ring substituents is 1. The number of carbonyl (C=O) groups is 2. The van der Waals surface area contributed by atoms with Gasteiger partial charge in [0.15, 0.2) is 6.10 Å². The van der Waals surface area contributed by atoms with Crippen LogP contribution in [0.2, 0.25) is 0 Å². The molecule has 10 nitrogen and oxygen atoms in total. The maximum atomic E-state index is 13.2. The molecule has 2 N–H and O–H groups in total. The molecular formula is C27H35F2N3O7. The number of aryl methyl sites for hydroxylation is 1. The van der Waals surface area contributed by atoms with Crippen molar-refractivity contribution in [3.8, 4) is 5.75 Å². The lowest BCUT2D eigenvalue weighted by atomic mass is 10.1. The van der Waals surface area contributed by atoms with Gasteiger partial charge in [-0.3, -0.25) is 10.1 Å². The predicted octanol–water partition coefficient (Wildman–Crippen LogP) is 5.67. The highest BCUT2D eigenvalue weighted by atomic mass is 19.3. The molecule has 12 heteroatoms. The second-order valence-corrected chi connectivity index (χ2v) is 9.18. The first-order valence-corrected chi connectivity index (χ1v) is 12.6. The van der Waals surface area contributed by atoms with Crippen LogP contribution in [0.1, 0.15) is 44.2 Å². The third-order valence-electron chi connectivity index (χ3n) is 5.86. The summed E-state index contributed by atoms with van der Waals surface area (Å²) < 4.78 is 37.3. The van der Waals surface area contributed by atoms with E-state index in [4.69, 9.17) is 9.47 Å². The van der Waals surface area contributed by atoms with Crippen molar-refractivity contribution in [3.63, 3.8) is 0 Å². The molecule has 0 bridgehead atoms. The van der Waals surface area contributed by atoms with Crippen LogP contribution in [0.15, 0.2) is 42.5 Å². The summed E-state index contributed by atoms with van der Waals surface area (Å²) in [6, 6.07) is 10.6. The first-order chi connectivity index (χ1) is 18.4. The molecule has 0 radical (unpaired) electrons. The normalized spacial score (nSPS) is 12.0. The molecule has 0 fully saturated rings. The number of ether oxygens (including phenoxy) is 2. The quantitative estimate of drug-likeness (QED) is 0.156. The number of aliphatic carboxylic acids is 1. The van der Waals surface area contributed by atoms with Gasteiger partial charge in [0.05, 0.1) is 11.5 Å². The van der Waals surface area contributed by atoms with E-state index in [2.05, 4.69) is 5.32 Å². The van der Waals surface area contributed by atoms with Gasteiger partial charge in [-0.05, 0) is 57.4 Å². The lowest BCUT2D eigenvalue weighted by Crippen LogP contribution is -2.38. The van der Waals surface area contributed by atoms with Crippen LogP contribution in [0.25, 0.3) is 0 Å². The highest BCUT2D eigenvalue weighted by Gasteiger charge is 2.21. The number of nitrogens with zero attached hydrogens (tertiary/aromatic N) is 2. The van der Waals surface area contributed by atoms with Crippen LogP contribution in [0.3, 0.4) is 0 Å². The second kappa shape index (κ2) is 15.0. The average molecular weight is 552 g/mol. The van der Waals surface area contributed by atoms with E-state index in [0.717, 1.165) is 12.5 Å². The molecule has 0 saturated heterocycles. The van der Waals surface area contributed by atoms with Crippen molar-refractivity contribution in [2.24, 2.45) is 0 Å². The van der Waals surface area contributed by atoms with Crippen LogP contribution in [0.4, 0.5) is 25.0 Å². The molecule has 0 heterocycles. The standard InChI is InChI=1S/C27H35F2N3O7/c1-4-38-24(25(33)34)17-20-8-11-22(12-9-20)39-16-15-31(14-6-5-13-27(3,28)29)26(35)30-21-10-7-19(2)23(18-21)32(36)37/h7-12,18,24H,4-6,13-17H2,1-3H3,(H,30,35)(H,33,34). The number of amides is 2. The van der Waals surface area contributed by atoms with E-state index in [1.807, 2.05) is 0 Å². The number of unbranched alkanes of at least 4 members (excludes halogenated alkanes) is 1. The molecule has 0 aliphatic carbocycles. The Balaban J connectivity index is 2.00. The summed E-state index contributed by atoms with van der Waals surface area (Å²) in [6.45, 7) is 4.86. The van der Waals surface area contributed by atoms with Crippen molar-refractivity contribution in [1.29, 1.82) is 0 Å². The van der Waals surface area contributed by atoms with Gasteiger partial charge >= 0.3 is 12.0 Å². The lowest BCUT2D eigenvalue weighted by Gasteiger charge is -2.23. The van der Waals surface area contributed by atoms with Gasteiger partial charge in [0, 0.05) is 43.3 Å². The zero-order chi connectivity index (χ0) is 29.0. The number of hydrogen-bond donors (Lipinski definition) is 2. The summed E-state index contributed by atoms with van der Waals surface area (Å²) >= 11 is 0. The molecule has 0 aliphatic rings. The molecule has 1 atom stereocenters. The zero-order valence-corrected chi connectivity index (χ0v) is 22.3. The van der Waals surface area contributed by atoms with E-state index in [1.165, 1.54) is 17.0 Å². The average Bonchev–Trinajstić information content (AvgIpc) is 2.86. The molecule has 214 valence electrons. The highest BCUT2D eigenvalue weighted by Crippen LogP contribution is 2.23. The smallest absolute Gasteiger partial charge is 0.333 e. The van der Waals surface area contributed by atoms with Crippen molar-refractivity contribution in [1.82, 2.24) is 4.90 Å². The van der Waals surface area contributed by atoms with E-state index in [1.54, 1.807) is 44.2 Å². The fourth-order valence-electron chi connectivity index (χ4n) is 3.77. The topological polar surface area (TPSA) is 131 Å². The molecule has 2 aromatic rings. The molecule has 0 spiro atoms. The number of hydrogen-bond acceptors (Lipinski definition) is 6. The Morgan fingerprint density at radius 1 is 1.15 bits per heavy atom. The Morgan fingerprint density at radius 2 is 1.85 bits per heavy atom. The van der Waals surface area contributed by atoms with Crippen LogP contribution in [-0.2, 0) is 16.0 Å². The Hall–Kier alpha value is -3.80. The molecular weight excluding hydrogens is 516 g/mol. The maximum Gasteiger partial charge on any atom is 0.333 e. The minimum absolute atomic E-state index is 0.0987.